The van der Waals surface area contributed by atoms with Gasteiger partial charge in [0.05, 0.1) is 12.3 Å². The van der Waals surface area contributed by atoms with Gasteiger partial charge < -0.3 is 12.4 Å². The van der Waals surface area contributed by atoms with Crippen LogP contribution in [-0.4, -0.2) is 6.16 Å². The summed E-state index contributed by atoms with van der Waals surface area (Å²) in [6, 6.07) is 10.8. The smallest absolute Gasteiger partial charge is 0.0797 e. The fourth-order valence-electron chi connectivity index (χ4n) is 1.23. The number of benzene rings is 1. The molecule has 0 saturated heterocycles. The van der Waals surface area contributed by atoms with Gasteiger partial charge in [0.1, 0.15) is 0 Å². The quantitative estimate of drug-likeness (QED) is 0.494. The first kappa shape index (κ1) is 12.9. The van der Waals surface area contributed by atoms with Crippen molar-refractivity contribution in [1.29, 1.82) is 0 Å². The molecule has 0 spiro atoms. The van der Waals surface area contributed by atoms with Crippen molar-refractivity contribution in [3.05, 3.63) is 35.9 Å². The van der Waals surface area contributed by atoms with Gasteiger partial charge in [0, 0.05) is 0 Å². The fraction of sp³-hybridized carbons (Fsp3) is 0.455. The predicted molar refractivity (Wildman–Crippen MR) is 59.6 cm³/mol. The minimum atomic E-state index is 0. The van der Waals surface area contributed by atoms with E-state index in [0.717, 1.165) is 0 Å². The molecular weight excluding hydrogens is 199 g/mol. The van der Waals surface area contributed by atoms with Crippen LogP contribution in [0.15, 0.2) is 30.3 Å². The summed E-state index contributed by atoms with van der Waals surface area (Å²) in [5, 5.41) is 0. The lowest BCUT2D eigenvalue weighted by molar-refractivity contribution is -0.00000252. The van der Waals surface area contributed by atoms with Gasteiger partial charge in [-0.3, -0.25) is 0 Å². The van der Waals surface area contributed by atoms with E-state index in [1.807, 2.05) is 0 Å². The standard InChI is InChI=1S/C11H17P.ClH/c1-2-3-9-12-10-11-7-5-4-6-8-11;/h4-8,12H,2-3,9-10H2,1H3;1H. The third-order valence-electron chi connectivity index (χ3n) is 1.98. The Balaban J connectivity index is 0.00000144. The Morgan fingerprint density at radius 1 is 1.15 bits per heavy atom. The molecule has 0 heterocycles. The number of unbranched alkanes of at least 4 members (excludes halogenated alkanes) is 1. The van der Waals surface area contributed by atoms with Crippen molar-refractivity contribution >= 4 is 8.58 Å². The zero-order chi connectivity index (χ0) is 8.65. The van der Waals surface area contributed by atoms with Crippen molar-refractivity contribution in [1.82, 2.24) is 0 Å². The van der Waals surface area contributed by atoms with Crippen LogP contribution < -0.4 is 12.4 Å². The van der Waals surface area contributed by atoms with Gasteiger partial charge in [-0.15, -0.1) is 0 Å². The van der Waals surface area contributed by atoms with Crippen LogP contribution in [0, 0.1) is 0 Å². The minimum Gasteiger partial charge on any atom is -1.00 e. The molecular formula is C11H18ClP. The summed E-state index contributed by atoms with van der Waals surface area (Å²) in [5.41, 5.74) is 1.52. The van der Waals surface area contributed by atoms with Crippen molar-refractivity contribution in [2.24, 2.45) is 0 Å². The van der Waals surface area contributed by atoms with E-state index in [1.165, 1.54) is 30.7 Å². The number of halogens is 1. The van der Waals surface area contributed by atoms with E-state index in [2.05, 4.69) is 37.3 Å². The maximum Gasteiger partial charge on any atom is 0.0797 e. The van der Waals surface area contributed by atoms with E-state index >= 15 is 0 Å². The minimum absolute atomic E-state index is 0. The highest BCUT2D eigenvalue weighted by Gasteiger charge is 1.95. The first-order valence-corrected chi connectivity index (χ1v) is 6.42. The molecule has 0 nitrogen and oxygen atoms in total. The maximum atomic E-state index is 2.27. The lowest BCUT2D eigenvalue weighted by atomic mass is 10.2. The van der Waals surface area contributed by atoms with Gasteiger partial charge in [0.15, 0.2) is 0 Å². The van der Waals surface area contributed by atoms with Crippen molar-refractivity contribution in [3.8, 4) is 0 Å². The van der Waals surface area contributed by atoms with Crippen molar-refractivity contribution in [3.63, 3.8) is 0 Å². The molecule has 2 heteroatoms. The van der Waals surface area contributed by atoms with Crippen molar-refractivity contribution in [2.45, 2.75) is 25.9 Å². The van der Waals surface area contributed by atoms with Gasteiger partial charge in [0.2, 0.25) is 0 Å². The van der Waals surface area contributed by atoms with Crippen LogP contribution in [0.3, 0.4) is 0 Å². The molecule has 0 aliphatic carbocycles. The van der Waals surface area contributed by atoms with E-state index in [0.29, 0.717) is 8.58 Å². The third-order valence-corrected chi connectivity index (χ3v) is 3.56. The van der Waals surface area contributed by atoms with E-state index in [4.69, 9.17) is 0 Å². The van der Waals surface area contributed by atoms with Crippen LogP contribution in [-0.2, 0) is 6.16 Å². The zero-order valence-corrected chi connectivity index (χ0v) is 10.1. The molecule has 0 amide bonds. The normalized spacial score (nSPS) is 10.2. The topological polar surface area (TPSA) is 0 Å². The SMILES string of the molecule is CCCC[PH2+]Cc1ccccc1.[Cl-]. The number of rotatable bonds is 5. The Morgan fingerprint density at radius 2 is 1.85 bits per heavy atom. The van der Waals surface area contributed by atoms with Gasteiger partial charge in [-0.25, -0.2) is 0 Å². The first-order chi connectivity index (χ1) is 5.93. The summed E-state index contributed by atoms with van der Waals surface area (Å²) in [5.74, 6) is 0. The molecule has 0 bridgehead atoms. The van der Waals surface area contributed by atoms with E-state index in [-0.39, 0.29) is 12.4 Å². The third kappa shape index (κ3) is 6.07. The largest absolute Gasteiger partial charge is 1.00 e. The number of hydrogen-bond donors (Lipinski definition) is 0. The highest BCUT2D eigenvalue weighted by molar-refractivity contribution is 7.37. The zero-order valence-electron chi connectivity index (χ0n) is 8.17. The Bertz CT molecular complexity index is 199. The van der Waals surface area contributed by atoms with Crippen LogP contribution in [0.25, 0.3) is 0 Å². The molecule has 0 saturated carbocycles. The van der Waals surface area contributed by atoms with Crippen LogP contribution in [0.2, 0.25) is 0 Å². The second-order valence-electron chi connectivity index (χ2n) is 3.12. The monoisotopic (exact) mass is 216 g/mol. The molecule has 13 heavy (non-hydrogen) atoms. The summed E-state index contributed by atoms with van der Waals surface area (Å²) in [7, 11) is 0.659. The first-order valence-electron chi connectivity index (χ1n) is 4.79. The second-order valence-corrected chi connectivity index (χ2v) is 4.68. The van der Waals surface area contributed by atoms with E-state index in [1.54, 1.807) is 0 Å². The molecule has 74 valence electrons. The van der Waals surface area contributed by atoms with Gasteiger partial charge in [0.25, 0.3) is 0 Å². The number of hydrogen-bond acceptors (Lipinski definition) is 0. The van der Waals surface area contributed by atoms with Crippen LogP contribution in [0.4, 0.5) is 0 Å². The summed E-state index contributed by atoms with van der Waals surface area (Å²) in [4.78, 5) is 0. The molecule has 0 aromatic heterocycles. The average Bonchev–Trinajstić information content (AvgIpc) is 2.14. The van der Waals surface area contributed by atoms with Crippen LogP contribution >= 0.6 is 8.58 Å². The molecule has 0 fully saturated rings. The molecule has 1 aromatic rings. The fourth-order valence-corrected chi connectivity index (χ4v) is 2.74. The summed E-state index contributed by atoms with van der Waals surface area (Å²) in [6.07, 6.45) is 5.57. The van der Waals surface area contributed by atoms with Gasteiger partial charge in [-0.2, -0.15) is 0 Å². The molecule has 0 radical (unpaired) electrons. The highest BCUT2D eigenvalue weighted by atomic mass is 35.5. The Kier molecular flexibility index (Phi) is 8.49. The van der Waals surface area contributed by atoms with E-state index < -0.39 is 0 Å². The Hall–Kier alpha value is -0.0600. The van der Waals surface area contributed by atoms with E-state index in [9.17, 15) is 0 Å². The van der Waals surface area contributed by atoms with Crippen LogP contribution in [0.5, 0.6) is 0 Å². The maximum absolute atomic E-state index is 2.27. The van der Waals surface area contributed by atoms with Crippen molar-refractivity contribution in [2.75, 3.05) is 6.16 Å². The second kappa shape index (κ2) is 8.53. The van der Waals surface area contributed by atoms with Crippen molar-refractivity contribution < 1.29 is 12.4 Å². The Labute approximate surface area is 89.3 Å². The molecule has 0 aliphatic rings. The molecule has 1 unspecified atom stereocenters. The molecule has 0 aliphatic heterocycles. The molecule has 1 rings (SSSR count). The highest BCUT2D eigenvalue weighted by Crippen LogP contribution is 2.19. The molecule has 1 atom stereocenters. The van der Waals surface area contributed by atoms with Gasteiger partial charge in [-0.1, -0.05) is 43.7 Å². The molecule has 0 N–H and O–H groups in total. The molecule has 1 aromatic carbocycles. The predicted octanol–water partition coefficient (Wildman–Crippen LogP) is 0.401. The van der Waals surface area contributed by atoms with Crippen LogP contribution in [0.1, 0.15) is 25.3 Å². The summed E-state index contributed by atoms with van der Waals surface area (Å²) >= 11 is 0. The Morgan fingerprint density at radius 3 is 2.46 bits per heavy atom. The van der Waals surface area contributed by atoms with Gasteiger partial charge in [-0.05, 0) is 20.6 Å². The average molecular weight is 217 g/mol. The summed E-state index contributed by atoms with van der Waals surface area (Å²) < 4.78 is 0. The van der Waals surface area contributed by atoms with Gasteiger partial charge >= 0.3 is 0 Å². The lowest BCUT2D eigenvalue weighted by Crippen LogP contribution is -3.00. The summed E-state index contributed by atoms with van der Waals surface area (Å²) in [6.45, 7) is 2.27. The lowest BCUT2D eigenvalue weighted by Gasteiger charge is -1.94.